The van der Waals surface area contributed by atoms with Gasteiger partial charge < -0.3 is 18.7 Å². The summed E-state index contributed by atoms with van der Waals surface area (Å²) in [4.78, 5) is 2.03. The van der Waals surface area contributed by atoms with Crippen molar-refractivity contribution in [3.05, 3.63) is 107 Å². The lowest BCUT2D eigenvalue weighted by Crippen LogP contribution is -2.36. The zero-order valence-electron chi connectivity index (χ0n) is 26.9. The summed E-state index contributed by atoms with van der Waals surface area (Å²) in [5.74, 6) is 0.359. The van der Waals surface area contributed by atoms with Crippen LogP contribution in [0.15, 0.2) is 102 Å². The first kappa shape index (κ1) is 34.3. The molecule has 0 N–H and O–H groups in total. The molecule has 6 aromatic rings. The van der Waals surface area contributed by atoms with Gasteiger partial charge in [-0.25, -0.2) is 16.8 Å². The Kier molecular flexibility index (Phi) is 9.79. The van der Waals surface area contributed by atoms with Crippen molar-refractivity contribution in [3.8, 4) is 28.0 Å². The molecule has 4 aromatic carbocycles. The van der Waals surface area contributed by atoms with Crippen LogP contribution in [-0.2, 0) is 26.8 Å². The SMILES string of the molecule is O=S(=O)([O-])CCCCN1/C(=C/c2sc3ccc(-c4ccccc4)cc3[n+]2CCCCS(=O)(=O)[O-])Oc2ccc(-c3cccc4ccsc34)cc21. The number of aryl methyl sites for hydroxylation is 1. The Morgan fingerprint density at radius 2 is 1.52 bits per heavy atom. The largest absolute Gasteiger partial charge is 0.748 e. The van der Waals surface area contributed by atoms with Crippen molar-refractivity contribution in [2.75, 3.05) is 23.0 Å². The van der Waals surface area contributed by atoms with Gasteiger partial charge in [0, 0.05) is 35.2 Å². The average Bonchev–Trinajstić information content (AvgIpc) is 3.79. The van der Waals surface area contributed by atoms with E-state index in [4.69, 9.17) is 4.74 Å². The van der Waals surface area contributed by atoms with Crippen molar-refractivity contribution >= 4 is 75.0 Å². The molecule has 9 nitrogen and oxygen atoms in total. The number of unbranched alkanes of at least 4 members (excludes halogenated alkanes) is 2. The lowest BCUT2D eigenvalue weighted by Gasteiger charge is -2.19. The summed E-state index contributed by atoms with van der Waals surface area (Å²) >= 11 is 3.26. The molecule has 0 saturated heterocycles. The van der Waals surface area contributed by atoms with Crippen molar-refractivity contribution in [1.29, 1.82) is 0 Å². The molecule has 0 atom stereocenters. The number of hydrogen-bond donors (Lipinski definition) is 0. The van der Waals surface area contributed by atoms with Gasteiger partial charge in [-0.3, -0.25) is 0 Å². The summed E-state index contributed by atoms with van der Waals surface area (Å²) in [5.41, 5.74) is 6.05. The number of fused-ring (bicyclic) bond motifs is 3. The van der Waals surface area contributed by atoms with Gasteiger partial charge in [0.2, 0.25) is 11.4 Å². The molecular formula is C37H33N2O7S4-. The molecule has 0 fully saturated rings. The van der Waals surface area contributed by atoms with Crippen molar-refractivity contribution in [2.24, 2.45) is 0 Å². The summed E-state index contributed by atoms with van der Waals surface area (Å²) in [6, 6.07) is 30.7. The van der Waals surface area contributed by atoms with Gasteiger partial charge in [0.15, 0.2) is 12.3 Å². The number of benzene rings is 4. The molecule has 0 spiro atoms. The Hall–Kier alpha value is -4.11. The maximum Gasteiger partial charge on any atom is 0.268 e. The van der Waals surface area contributed by atoms with Crippen molar-refractivity contribution in [1.82, 2.24) is 0 Å². The van der Waals surface area contributed by atoms with Gasteiger partial charge in [0.05, 0.1) is 32.0 Å². The molecule has 258 valence electrons. The quantitative estimate of drug-likeness (QED) is 0.0672. The second-order valence-electron chi connectivity index (χ2n) is 12.1. The van der Waals surface area contributed by atoms with Gasteiger partial charge in [-0.2, -0.15) is 4.57 Å². The molecule has 50 heavy (non-hydrogen) atoms. The fourth-order valence-corrected chi connectivity index (χ4v) is 9.43. The van der Waals surface area contributed by atoms with Gasteiger partial charge in [-0.1, -0.05) is 72.0 Å². The lowest BCUT2D eigenvalue weighted by atomic mass is 10.0. The number of anilines is 1. The van der Waals surface area contributed by atoms with Crippen LogP contribution >= 0.6 is 22.7 Å². The Balaban J connectivity index is 1.28. The van der Waals surface area contributed by atoms with E-state index in [0.717, 1.165) is 48.6 Å². The van der Waals surface area contributed by atoms with E-state index >= 15 is 0 Å². The number of aromatic nitrogens is 1. The second kappa shape index (κ2) is 14.3. The van der Waals surface area contributed by atoms with E-state index in [0.29, 0.717) is 37.6 Å². The molecule has 0 bridgehead atoms. The molecule has 1 aliphatic rings. The summed E-state index contributed by atoms with van der Waals surface area (Å²) < 4.78 is 78.9. The minimum absolute atomic E-state index is 0.215. The normalized spacial score (nSPS) is 14.1. The monoisotopic (exact) mass is 745 g/mol. The third-order valence-electron chi connectivity index (χ3n) is 8.66. The van der Waals surface area contributed by atoms with Crippen LogP contribution in [0.2, 0.25) is 0 Å². The van der Waals surface area contributed by atoms with Crippen LogP contribution in [0.4, 0.5) is 5.69 Å². The van der Waals surface area contributed by atoms with Crippen LogP contribution in [0.3, 0.4) is 0 Å². The predicted octanol–water partition coefficient (Wildman–Crippen LogP) is 7.59. The number of ether oxygens (including phenoxy) is 1. The van der Waals surface area contributed by atoms with Gasteiger partial charge in [-0.15, -0.1) is 11.3 Å². The predicted molar refractivity (Wildman–Crippen MR) is 198 cm³/mol. The van der Waals surface area contributed by atoms with Gasteiger partial charge in [0.25, 0.3) is 5.01 Å². The Bertz CT molecular complexity index is 2440. The highest BCUT2D eigenvalue weighted by Crippen LogP contribution is 2.44. The fourth-order valence-electron chi connectivity index (χ4n) is 6.28. The topological polar surface area (TPSA) is 131 Å². The highest BCUT2D eigenvalue weighted by atomic mass is 32.2. The van der Waals surface area contributed by atoms with E-state index < -0.39 is 31.7 Å². The molecule has 7 rings (SSSR count). The molecule has 0 radical (unpaired) electrons. The van der Waals surface area contributed by atoms with E-state index in [1.165, 1.54) is 4.70 Å². The minimum atomic E-state index is -4.34. The standard InChI is InChI=1S/C37H34N2O7S4/c40-49(41,42)21-6-4-18-38-31-24-29(30-12-8-11-27-17-20-47-37(27)30)13-15-33(31)46-35(38)25-36-39(19-5-7-22-50(43,44)45)32-23-28(14-16-34(32)48-36)26-9-2-1-3-10-26/h1-3,8-17,20,23-25H,4-7,18-19,21-22H2,(H-,40,41,42,43,44,45)/p-1. The van der Waals surface area contributed by atoms with Crippen LogP contribution in [-0.4, -0.2) is 44.0 Å². The molecule has 0 saturated carbocycles. The first-order chi connectivity index (χ1) is 24.0. The van der Waals surface area contributed by atoms with Gasteiger partial charge in [-0.05, 0) is 76.5 Å². The molecule has 2 aromatic heterocycles. The maximum atomic E-state index is 11.4. The summed E-state index contributed by atoms with van der Waals surface area (Å²) in [6.45, 7) is 0.904. The van der Waals surface area contributed by atoms with Crippen LogP contribution in [0, 0.1) is 0 Å². The number of thiophene rings is 1. The molecule has 0 aliphatic carbocycles. The van der Waals surface area contributed by atoms with Crippen LogP contribution in [0.25, 0.3) is 48.6 Å². The van der Waals surface area contributed by atoms with E-state index in [9.17, 15) is 25.9 Å². The molecule has 0 amide bonds. The number of hydrogen-bond acceptors (Lipinski definition) is 10. The number of rotatable bonds is 13. The summed E-state index contributed by atoms with van der Waals surface area (Å²) in [5, 5.41) is 4.11. The number of nitrogens with zero attached hydrogens (tertiary/aromatic N) is 2. The van der Waals surface area contributed by atoms with E-state index in [1.807, 2.05) is 59.5 Å². The molecule has 3 heterocycles. The van der Waals surface area contributed by atoms with Gasteiger partial charge in [0.1, 0.15) is 4.70 Å². The third kappa shape index (κ3) is 7.78. The zero-order chi connectivity index (χ0) is 34.9. The second-order valence-corrected chi connectivity index (χ2v) is 17.2. The van der Waals surface area contributed by atoms with Crippen molar-refractivity contribution < 1.29 is 35.2 Å². The number of thiazole rings is 1. The molecular weight excluding hydrogens is 713 g/mol. The molecule has 13 heteroatoms. The van der Waals surface area contributed by atoms with Gasteiger partial charge >= 0.3 is 0 Å². The summed E-state index contributed by atoms with van der Waals surface area (Å²) in [7, 11) is -8.66. The Labute approximate surface area is 299 Å². The molecule has 1 aliphatic heterocycles. The molecule has 0 unspecified atom stereocenters. The van der Waals surface area contributed by atoms with Crippen LogP contribution in [0.1, 0.15) is 30.7 Å². The lowest BCUT2D eigenvalue weighted by molar-refractivity contribution is -0.669. The van der Waals surface area contributed by atoms with Crippen molar-refractivity contribution in [3.63, 3.8) is 0 Å². The highest BCUT2D eigenvalue weighted by molar-refractivity contribution is 7.85. The minimum Gasteiger partial charge on any atom is -0.748 e. The first-order valence-corrected chi connectivity index (χ1v) is 21.0. The maximum absolute atomic E-state index is 11.4. The zero-order valence-corrected chi connectivity index (χ0v) is 30.1. The van der Waals surface area contributed by atoms with Crippen molar-refractivity contribution in [2.45, 2.75) is 32.2 Å². The van der Waals surface area contributed by atoms with E-state index in [-0.39, 0.29) is 12.8 Å². The Morgan fingerprint density at radius 3 is 2.30 bits per heavy atom. The smallest absolute Gasteiger partial charge is 0.268 e. The van der Waals surface area contributed by atoms with Crippen LogP contribution < -0.4 is 14.2 Å². The van der Waals surface area contributed by atoms with Crippen LogP contribution in [0.5, 0.6) is 5.75 Å². The summed E-state index contributed by atoms with van der Waals surface area (Å²) in [6.07, 6.45) is 3.34. The average molecular weight is 746 g/mol. The third-order valence-corrected chi connectivity index (χ3v) is 12.3. The first-order valence-electron chi connectivity index (χ1n) is 16.2. The highest BCUT2D eigenvalue weighted by Gasteiger charge is 2.30. The Morgan fingerprint density at radius 1 is 0.760 bits per heavy atom. The fraction of sp³-hybridized carbons (Fsp3) is 0.216. The van der Waals surface area contributed by atoms with E-state index in [1.54, 1.807) is 22.7 Å². The van der Waals surface area contributed by atoms with E-state index in [2.05, 4.69) is 52.4 Å².